The molecule has 2 heterocycles. The normalized spacial score (nSPS) is 15.1. The molecule has 1 aromatic heterocycles. The van der Waals surface area contributed by atoms with E-state index in [1.165, 1.54) is 21.3 Å². The third-order valence-electron chi connectivity index (χ3n) is 5.25. The highest BCUT2D eigenvalue weighted by atomic mass is 16.5. The average Bonchev–Trinajstić information content (AvgIpc) is 3.21. The number of aromatic hydroxyl groups is 1. The van der Waals surface area contributed by atoms with Crippen LogP contribution in [0.2, 0.25) is 0 Å². The van der Waals surface area contributed by atoms with E-state index in [0.29, 0.717) is 45.9 Å². The zero-order chi connectivity index (χ0) is 23.0. The van der Waals surface area contributed by atoms with E-state index in [1.54, 1.807) is 48.0 Å². The van der Waals surface area contributed by atoms with Crippen LogP contribution in [0.4, 0.5) is 5.95 Å². The number of ether oxygens (including phenoxy) is 3. The SMILES string of the molecule is COc1cc(-c2nc3n(n2)C(c2ccc(O)cc2)C(C(N)=O)=C(C)N3)cc(OC)c1OC. The largest absolute Gasteiger partial charge is 0.508 e. The number of phenolic OH excluding ortho intramolecular Hbond substituents is 1. The minimum absolute atomic E-state index is 0.112. The summed E-state index contributed by atoms with van der Waals surface area (Å²) >= 11 is 0. The van der Waals surface area contributed by atoms with Gasteiger partial charge >= 0.3 is 0 Å². The molecule has 1 aliphatic heterocycles. The van der Waals surface area contributed by atoms with Crippen LogP contribution in [0.1, 0.15) is 18.5 Å². The van der Waals surface area contributed by atoms with Crippen LogP contribution in [0.25, 0.3) is 11.4 Å². The van der Waals surface area contributed by atoms with E-state index < -0.39 is 11.9 Å². The number of fused-ring (bicyclic) bond motifs is 1. The maximum atomic E-state index is 12.3. The van der Waals surface area contributed by atoms with Gasteiger partial charge < -0.3 is 30.4 Å². The van der Waals surface area contributed by atoms with Gasteiger partial charge in [0.1, 0.15) is 11.8 Å². The van der Waals surface area contributed by atoms with Crippen molar-refractivity contribution in [3.63, 3.8) is 0 Å². The molecule has 10 heteroatoms. The van der Waals surface area contributed by atoms with Gasteiger partial charge in [-0.25, -0.2) is 4.68 Å². The summed E-state index contributed by atoms with van der Waals surface area (Å²) in [7, 11) is 4.59. The number of nitrogens with zero attached hydrogens (tertiary/aromatic N) is 3. The van der Waals surface area contributed by atoms with Crippen LogP contribution >= 0.6 is 0 Å². The fourth-order valence-corrected chi connectivity index (χ4v) is 3.77. The summed E-state index contributed by atoms with van der Waals surface area (Å²) in [5, 5.41) is 17.5. The van der Waals surface area contributed by atoms with E-state index in [-0.39, 0.29) is 5.75 Å². The quantitative estimate of drug-likeness (QED) is 0.535. The number of rotatable bonds is 6. The zero-order valence-corrected chi connectivity index (χ0v) is 18.0. The first-order chi connectivity index (χ1) is 15.4. The number of allylic oxidation sites excluding steroid dienone is 1. The summed E-state index contributed by atoms with van der Waals surface area (Å²) in [6.45, 7) is 1.75. The van der Waals surface area contributed by atoms with Crippen molar-refractivity contribution in [1.29, 1.82) is 0 Å². The molecule has 0 fully saturated rings. The number of phenols is 1. The molecule has 1 aliphatic rings. The Hall–Kier alpha value is -4.21. The molecular weight excluding hydrogens is 414 g/mol. The molecule has 2 aromatic carbocycles. The number of primary amides is 1. The lowest BCUT2D eigenvalue weighted by Gasteiger charge is -2.27. The van der Waals surface area contributed by atoms with Crippen LogP contribution < -0.4 is 25.3 Å². The maximum absolute atomic E-state index is 12.3. The van der Waals surface area contributed by atoms with Crippen LogP contribution in [-0.4, -0.2) is 47.1 Å². The van der Waals surface area contributed by atoms with Gasteiger partial charge in [0.25, 0.3) is 0 Å². The van der Waals surface area contributed by atoms with E-state index in [1.807, 2.05) is 0 Å². The smallest absolute Gasteiger partial charge is 0.248 e. The van der Waals surface area contributed by atoms with Crippen molar-refractivity contribution >= 4 is 11.9 Å². The lowest BCUT2D eigenvalue weighted by molar-refractivity contribution is -0.115. The molecule has 0 aliphatic carbocycles. The molecule has 0 saturated carbocycles. The van der Waals surface area contributed by atoms with Crippen molar-refractivity contribution in [3.8, 4) is 34.4 Å². The first kappa shape index (κ1) is 21.0. The van der Waals surface area contributed by atoms with Gasteiger partial charge in [0.2, 0.25) is 17.6 Å². The number of aromatic nitrogens is 3. The first-order valence-corrected chi connectivity index (χ1v) is 9.71. The number of carbonyl (C=O) groups excluding carboxylic acids is 1. The number of nitrogens with two attached hydrogens (primary N) is 1. The van der Waals surface area contributed by atoms with Crippen molar-refractivity contribution in [2.24, 2.45) is 5.73 Å². The van der Waals surface area contributed by atoms with Crippen molar-refractivity contribution in [3.05, 3.63) is 53.2 Å². The number of hydrogen-bond acceptors (Lipinski definition) is 8. The van der Waals surface area contributed by atoms with Gasteiger partial charge in [0.05, 0.1) is 26.9 Å². The molecule has 10 nitrogen and oxygen atoms in total. The molecule has 3 aromatic rings. The van der Waals surface area contributed by atoms with Gasteiger partial charge in [-0.2, -0.15) is 4.98 Å². The number of methoxy groups -OCH3 is 3. The molecule has 1 unspecified atom stereocenters. The Morgan fingerprint density at radius 2 is 1.72 bits per heavy atom. The van der Waals surface area contributed by atoms with Crippen LogP contribution in [0, 0.1) is 0 Å². The third kappa shape index (κ3) is 3.45. The summed E-state index contributed by atoms with van der Waals surface area (Å²) in [6.07, 6.45) is 0. The van der Waals surface area contributed by atoms with Crippen molar-refractivity contribution in [2.45, 2.75) is 13.0 Å². The van der Waals surface area contributed by atoms with Gasteiger partial charge in [-0.3, -0.25) is 4.79 Å². The Morgan fingerprint density at radius 1 is 1.09 bits per heavy atom. The molecule has 4 N–H and O–H groups in total. The fraction of sp³-hybridized carbons (Fsp3) is 0.227. The Bertz CT molecular complexity index is 1190. The van der Waals surface area contributed by atoms with E-state index in [4.69, 9.17) is 19.9 Å². The zero-order valence-electron chi connectivity index (χ0n) is 18.0. The highest BCUT2D eigenvalue weighted by Crippen LogP contribution is 2.42. The Kier molecular flexibility index (Phi) is 5.35. The van der Waals surface area contributed by atoms with E-state index in [0.717, 1.165) is 5.56 Å². The Morgan fingerprint density at radius 3 is 2.25 bits per heavy atom. The summed E-state index contributed by atoms with van der Waals surface area (Å²) < 4.78 is 17.8. The van der Waals surface area contributed by atoms with Gasteiger partial charge in [-0.05, 0) is 36.8 Å². The maximum Gasteiger partial charge on any atom is 0.248 e. The van der Waals surface area contributed by atoms with E-state index in [9.17, 15) is 9.90 Å². The van der Waals surface area contributed by atoms with Crippen LogP contribution in [-0.2, 0) is 4.79 Å². The monoisotopic (exact) mass is 437 g/mol. The van der Waals surface area contributed by atoms with E-state index in [2.05, 4.69) is 15.4 Å². The molecule has 0 spiro atoms. The Balaban J connectivity index is 1.88. The number of hydrogen-bond donors (Lipinski definition) is 3. The van der Waals surface area contributed by atoms with E-state index >= 15 is 0 Å². The minimum atomic E-state index is -0.618. The number of benzene rings is 2. The van der Waals surface area contributed by atoms with Crippen molar-refractivity contribution < 1.29 is 24.1 Å². The van der Waals surface area contributed by atoms with Crippen molar-refractivity contribution in [1.82, 2.24) is 14.8 Å². The molecule has 32 heavy (non-hydrogen) atoms. The molecule has 0 radical (unpaired) electrons. The van der Waals surface area contributed by atoms with Crippen LogP contribution in [0.15, 0.2) is 47.7 Å². The predicted molar refractivity (Wildman–Crippen MR) is 117 cm³/mol. The summed E-state index contributed by atoms with van der Waals surface area (Å²) in [5.74, 6) is 1.74. The molecule has 1 atom stereocenters. The number of anilines is 1. The molecule has 1 amide bonds. The van der Waals surface area contributed by atoms with Crippen LogP contribution in [0.3, 0.4) is 0 Å². The number of nitrogens with one attached hydrogen (secondary N) is 1. The lowest BCUT2D eigenvalue weighted by atomic mass is 9.95. The Labute approximate surface area is 184 Å². The second-order valence-corrected chi connectivity index (χ2v) is 7.14. The second-order valence-electron chi connectivity index (χ2n) is 7.14. The average molecular weight is 437 g/mol. The third-order valence-corrected chi connectivity index (χ3v) is 5.25. The topological polar surface area (TPSA) is 134 Å². The van der Waals surface area contributed by atoms with Gasteiger partial charge in [-0.15, -0.1) is 5.10 Å². The molecule has 4 rings (SSSR count). The molecule has 166 valence electrons. The molecular formula is C22H23N5O5. The van der Waals surface area contributed by atoms with Crippen LogP contribution in [0.5, 0.6) is 23.0 Å². The van der Waals surface area contributed by atoms with Gasteiger partial charge in [0, 0.05) is 11.3 Å². The van der Waals surface area contributed by atoms with Gasteiger partial charge in [0.15, 0.2) is 17.3 Å². The highest BCUT2D eigenvalue weighted by Gasteiger charge is 2.33. The van der Waals surface area contributed by atoms with Crippen molar-refractivity contribution in [2.75, 3.05) is 26.6 Å². The summed E-state index contributed by atoms with van der Waals surface area (Å²) in [4.78, 5) is 16.9. The highest BCUT2D eigenvalue weighted by molar-refractivity contribution is 5.95. The number of amides is 1. The number of carbonyl (C=O) groups is 1. The predicted octanol–water partition coefficient (Wildman–Crippen LogP) is 2.45. The minimum Gasteiger partial charge on any atom is -0.508 e. The first-order valence-electron chi connectivity index (χ1n) is 9.71. The molecule has 0 saturated heterocycles. The lowest BCUT2D eigenvalue weighted by Crippen LogP contribution is -2.31. The molecule has 0 bridgehead atoms. The standard InChI is InChI=1S/C22H23N5O5/c1-11-17(20(23)29)18(12-5-7-14(28)8-6-12)27-22(24-11)25-21(26-27)13-9-15(30-2)19(32-4)16(10-13)31-3/h5-10,18,28H,1-4H3,(H2,23,29)(H,24,25,26). The van der Waals surface area contributed by atoms with Gasteiger partial charge in [-0.1, -0.05) is 12.1 Å². The summed E-state index contributed by atoms with van der Waals surface area (Å²) in [6, 6.07) is 9.39. The second kappa shape index (κ2) is 8.14. The fourth-order valence-electron chi connectivity index (χ4n) is 3.77. The summed E-state index contributed by atoms with van der Waals surface area (Å²) in [5.41, 5.74) is 7.98.